The van der Waals surface area contributed by atoms with E-state index < -0.39 is 0 Å². The number of piperazine rings is 1. The van der Waals surface area contributed by atoms with Crippen molar-refractivity contribution in [2.75, 3.05) is 31.1 Å². The summed E-state index contributed by atoms with van der Waals surface area (Å²) in [6, 6.07) is 10.6. The lowest BCUT2D eigenvalue weighted by Gasteiger charge is -2.37. The van der Waals surface area contributed by atoms with Crippen molar-refractivity contribution < 1.29 is 4.79 Å². The molecule has 0 unspecified atom stereocenters. The molecule has 150 valence electrons. The van der Waals surface area contributed by atoms with Crippen LogP contribution in [0.4, 0.5) is 5.69 Å². The Morgan fingerprint density at radius 3 is 1.79 bits per heavy atom. The molecule has 1 aliphatic heterocycles. The van der Waals surface area contributed by atoms with Crippen molar-refractivity contribution in [3.8, 4) is 0 Å². The molecule has 0 spiro atoms. The molecule has 1 amide bonds. The molecule has 0 saturated carbocycles. The number of nitrogens with zero attached hydrogens (tertiary/aromatic N) is 3. The first kappa shape index (κ1) is 20.4. The summed E-state index contributed by atoms with van der Waals surface area (Å²) >= 11 is 0. The maximum Gasteiger partial charge on any atom is 0.254 e. The van der Waals surface area contributed by atoms with Crippen LogP contribution >= 0.6 is 0 Å². The van der Waals surface area contributed by atoms with E-state index >= 15 is 0 Å². The molecular formula is C24H33N3O. The molecule has 0 N–H and O–H groups in total. The number of hydrogen-bond acceptors (Lipinski definition) is 3. The van der Waals surface area contributed by atoms with E-state index in [0.29, 0.717) is 5.56 Å². The summed E-state index contributed by atoms with van der Waals surface area (Å²) in [5.41, 5.74) is 4.93. The molecule has 1 saturated heterocycles. The second kappa shape index (κ2) is 7.57. The van der Waals surface area contributed by atoms with E-state index in [1.807, 2.05) is 4.90 Å². The smallest absolute Gasteiger partial charge is 0.254 e. The van der Waals surface area contributed by atoms with E-state index in [1.165, 1.54) is 16.8 Å². The van der Waals surface area contributed by atoms with Crippen LogP contribution in [-0.4, -0.2) is 42.0 Å². The fourth-order valence-corrected chi connectivity index (χ4v) is 3.50. The summed E-state index contributed by atoms with van der Waals surface area (Å²) < 4.78 is 0. The molecule has 0 aliphatic carbocycles. The Morgan fingerprint density at radius 1 is 0.821 bits per heavy atom. The molecule has 0 atom stereocenters. The fraction of sp³-hybridized carbons (Fsp3) is 0.500. The number of amides is 1. The molecule has 1 aliphatic rings. The molecule has 3 rings (SSSR count). The van der Waals surface area contributed by atoms with Crippen LogP contribution in [0, 0.1) is 0 Å². The lowest BCUT2D eigenvalue weighted by molar-refractivity contribution is 0.0746. The van der Waals surface area contributed by atoms with E-state index in [1.54, 1.807) is 24.5 Å². The molecule has 0 radical (unpaired) electrons. The minimum absolute atomic E-state index is 0.0980. The van der Waals surface area contributed by atoms with Gasteiger partial charge in [-0.1, -0.05) is 47.6 Å². The molecule has 1 aromatic heterocycles. The van der Waals surface area contributed by atoms with Crippen LogP contribution in [0.1, 0.15) is 63.0 Å². The highest BCUT2D eigenvalue weighted by Crippen LogP contribution is 2.33. The van der Waals surface area contributed by atoms with E-state index in [-0.39, 0.29) is 16.7 Å². The third kappa shape index (κ3) is 4.54. The van der Waals surface area contributed by atoms with Gasteiger partial charge in [0.2, 0.25) is 0 Å². The van der Waals surface area contributed by atoms with E-state index in [0.717, 1.165) is 26.2 Å². The van der Waals surface area contributed by atoms with Crippen LogP contribution < -0.4 is 4.90 Å². The highest BCUT2D eigenvalue weighted by molar-refractivity contribution is 5.94. The molecule has 0 bridgehead atoms. The van der Waals surface area contributed by atoms with Gasteiger partial charge in [-0.05, 0) is 46.2 Å². The van der Waals surface area contributed by atoms with Gasteiger partial charge in [0.15, 0.2) is 0 Å². The Morgan fingerprint density at radius 2 is 1.32 bits per heavy atom. The third-order valence-corrected chi connectivity index (χ3v) is 5.51. The van der Waals surface area contributed by atoms with Crippen molar-refractivity contribution in [3.05, 3.63) is 59.4 Å². The summed E-state index contributed by atoms with van der Waals surface area (Å²) in [6.07, 6.45) is 3.35. The zero-order valence-corrected chi connectivity index (χ0v) is 18.1. The Balaban J connectivity index is 1.79. The normalized spacial score (nSPS) is 15.6. The maximum absolute atomic E-state index is 12.7. The van der Waals surface area contributed by atoms with E-state index in [4.69, 9.17) is 0 Å². The summed E-state index contributed by atoms with van der Waals surface area (Å²) in [7, 11) is 0. The highest BCUT2D eigenvalue weighted by Gasteiger charge is 2.25. The number of pyridine rings is 1. The average Bonchev–Trinajstić information content (AvgIpc) is 2.66. The zero-order chi connectivity index (χ0) is 20.5. The van der Waals surface area contributed by atoms with Crippen LogP contribution in [0.15, 0.2) is 42.7 Å². The van der Waals surface area contributed by atoms with Crippen molar-refractivity contribution in [1.29, 1.82) is 0 Å². The molecular weight excluding hydrogens is 346 g/mol. The quantitative estimate of drug-likeness (QED) is 0.763. The molecule has 2 aromatic rings. The maximum atomic E-state index is 12.7. The number of anilines is 1. The predicted molar refractivity (Wildman–Crippen MR) is 116 cm³/mol. The topological polar surface area (TPSA) is 36.4 Å². The number of benzene rings is 1. The summed E-state index contributed by atoms with van der Waals surface area (Å²) in [5, 5.41) is 0. The Labute approximate surface area is 169 Å². The number of carbonyl (C=O) groups is 1. The van der Waals surface area contributed by atoms with Gasteiger partial charge >= 0.3 is 0 Å². The first-order valence-electron chi connectivity index (χ1n) is 10.2. The van der Waals surface area contributed by atoms with Gasteiger partial charge in [-0.25, -0.2) is 0 Å². The van der Waals surface area contributed by atoms with Gasteiger partial charge < -0.3 is 9.80 Å². The highest BCUT2D eigenvalue weighted by atomic mass is 16.2. The van der Waals surface area contributed by atoms with Crippen LogP contribution in [0.5, 0.6) is 0 Å². The van der Waals surface area contributed by atoms with Crippen LogP contribution in [0.2, 0.25) is 0 Å². The standard InChI is InChI=1S/C24H33N3O/c1-23(2,3)19-15-20(24(4,5)6)17-21(16-19)26-11-13-27(14-12-26)22(28)18-7-9-25-10-8-18/h7-10,15-17H,11-14H2,1-6H3. The van der Waals surface area contributed by atoms with Crippen LogP contribution in [0.3, 0.4) is 0 Å². The van der Waals surface area contributed by atoms with Gasteiger partial charge in [0.25, 0.3) is 5.91 Å². The lowest BCUT2D eigenvalue weighted by atomic mass is 9.80. The number of rotatable bonds is 2. The Kier molecular flexibility index (Phi) is 5.51. The SMILES string of the molecule is CC(C)(C)c1cc(N2CCN(C(=O)c3ccncc3)CC2)cc(C(C)(C)C)c1. The van der Waals surface area contributed by atoms with Crippen molar-refractivity contribution in [2.24, 2.45) is 0 Å². The monoisotopic (exact) mass is 379 g/mol. The fourth-order valence-electron chi connectivity index (χ4n) is 3.50. The van der Waals surface area contributed by atoms with E-state index in [9.17, 15) is 4.79 Å². The van der Waals surface area contributed by atoms with Crippen LogP contribution in [0.25, 0.3) is 0 Å². The van der Waals surface area contributed by atoms with Gasteiger partial charge in [0.1, 0.15) is 0 Å². The van der Waals surface area contributed by atoms with Crippen molar-refractivity contribution in [3.63, 3.8) is 0 Å². The van der Waals surface area contributed by atoms with Gasteiger partial charge in [-0.15, -0.1) is 0 Å². The van der Waals surface area contributed by atoms with Crippen molar-refractivity contribution in [1.82, 2.24) is 9.88 Å². The Bertz CT molecular complexity index is 791. The van der Waals surface area contributed by atoms with Crippen LogP contribution in [-0.2, 0) is 10.8 Å². The lowest BCUT2D eigenvalue weighted by Crippen LogP contribution is -2.49. The number of aromatic nitrogens is 1. The largest absolute Gasteiger partial charge is 0.368 e. The molecule has 1 aromatic carbocycles. The molecule has 1 fully saturated rings. The molecule has 28 heavy (non-hydrogen) atoms. The Hall–Kier alpha value is -2.36. The number of hydrogen-bond donors (Lipinski definition) is 0. The van der Waals surface area contributed by atoms with E-state index in [2.05, 4.69) is 69.6 Å². The summed E-state index contributed by atoms with van der Waals surface area (Å²) in [5.74, 6) is 0.0980. The molecule has 2 heterocycles. The van der Waals surface area contributed by atoms with Gasteiger partial charge in [0, 0.05) is 49.8 Å². The summed E-state index contributed by atoms with van der Waals surface area (Å²) in [4.78, 5) is 21.1. The first-order chi connectivity index (χ1) is 13.1. The first-order valence-corrected chi connectivity index (χ1v) is 10.2. The van der Waals surface area contributed by atoms with Crippen molar-refractivity contribution in [2.45, 2.75) is 52.4 Å². The summed E-state index contributed by atoms with van der Waals surface area (Å²) in [6.45, 7) is 16.8. The molecule has 4 heteroatoms. The zero-order valence-electron chi connectivity index (χ0n) is 18.1. The van der Waals surface area contributed by atoms with Crippen molar-refractivity contribution >= 4 is 11.6 Å². The third-order valence-electron chi connectivity index (χ3n) is 5.51. The molecule has 4 nitrogen and oxygen atoms in total. The average molecular weight is 380 g/mol. The van der Waals surface area contributed by atoms with Gasteiger partial charge in [0.05, 0.1) is 0 Å². The second-order valence-corrected chi connectivity index (χ2v) is 9.78. The second-order valence-electron chi connectivity index (χ2n) is 9.78. The van der Waals surface area contributed by atoms with Gasteiger partial charge in [-0.3, -0.25) is 9.78 Å². The minimum atomic E-state index is 0.0980. The minimum Gasteiger partial charge on any atom is -0.368 e. The predicted octanol–water partition coefficient (Wildman–Crippen LogP) is 4.64. The van der Waals surface area contributed by atoms with Gasteiger partial charge in [-0.2, -0.15) is 0 Å². The number of carbonyl (C=O) groups excluding carboxylic acids is 1.